The lowest BCUT2D eigenvalue weighted by molar-refractivity contribution is -0.158. The lowest BCUT2D eigenvalue weighted by Crippen LogP contribution is -2.89. The van der Waals surface area contributed by atoms with Gasteiger partial charge >= 0.3 is 76.4 Å². The summed E-state index contributed by atoms with van der Waals surface area (Å²) in [6.07, 6.45) is 0.332. The van der Waals surface area contributed by atoms with Crippen molar-refractivity contribution in [1.29, 1.82) is 0 Å². The van der Waals surface area contributed by atoms with Crippen LogP contribution in [-0.2, 0) is 63.7 Å². The Labute approximate surface area is 404 Å². The molecule has 7 aliphatic rings. The third-order valence-corrected chi connectivity index (χ3v) is 51.9. The summed E-state index contributed by atoms with van der Waals surface area (Å²) in [5, 5.41) is 14.0. The molecular formula is C41H83NO16Si8. The lowest BCUT2D eigenvalue weighted by Gasteiger charge is -2.64. The standard InChI is InChI=1S/C41H83NO16Si8/c1-29(2)23-60-47-59(20-19-37-17-18-39(38(43)21-37)46-40(44)22-42-41(45)35(13)14)48-61(24-30(3)4)50-62(49-60,25-31(5)6)51-63(26-32(7)8)54-64(52-60,27-33(9)10)57-66(56-59,36(15)16)58-65(53-61,55-63)28-34(11)12/h29-34,36-39,43H,13,17-28H2,1-12,14-16H3,(H,42,45). The average molecular weight is 1070 g/mol. The van der Waals surface area contributed by atoms with Crippen molar-refractivity contribution in [2.75, 3.05) is 6.54 Å². The number of aliphatic hydroxyl groups is 1. The number of rotatable bonds is 20. The fourth-order valence-corrected chi connectivity index (χ4v) is 62.1. The van der Waals surface area contributed by atoms with Crippen molar-refractivity contribution in [3.63, 3.8) is 0 Å². The number of hydrogen-bond acceptors (Lipinski definition) is 16. The molecule has 1 aliphatic carbocycles. The van der Waals surface area contributed by atoms with Gasteiger partial charge in [0.25, 0.3) is 0 Å². The van der Waals surface area contributed by atoms with Gasteiger partial charge in [-0.2, -0.15) is 0 Å². The SMILES string of the molecule is C=C(C)C(=O)NCC(=O)OC1CCC(CC[Si]23O[Si]4(CC(C)C)O[Si]5(CC(C)C)O[Si](CC(C)C)(O2)O[Si]2(CC(C)C)O[Si](CC(C)C)(O5)O[Si](CC(C)C)(O4)O[Si](C(C)C)(O3)O2)CC1O. The summed E-state index contributed by atoms with van der Waals surface area (Å²) in [6.45, 7) is 34.6. The fraction of sp³-hybridized carbons (Fsp3) is 0.902. The van der Waals surface area contributed by atoms with Crippen molar-refractivity contribution in [2.24, 2.45) is 41.4 Å². The molecule has 6 aliphatic heterocycles. The minimum Gasteiger partial charge on any atom is -0.458 e. The molecule has 0 aromatic heterocycles. The quantitative estimate of drug-likeness (QED) is 0.0674. The second kappa shape index (κ2) is 20.8. The van der Waals surface area contributed by atoms with Gasteiger partial charge in [0.05, 0.1) is 6.10 Å². The first kappa shape index (κ1) is 55.2. The Hall–Kier alpha value is -0.105. The fourth-order valence-electron chi connectivity index (χ4n) is 10.0. The number of carbonyl (C=O) groups excluding carboxylic acids is 2. The third-order valence-electron chi connectivity index (χ3n) is 12.1. The maximum atomic E-state index is 12.7. The van der Waals surface area contributed by atoms with Crippen molar-refractivity contribution in [1.82, 2.24) is 5.32 Å². The van der Waals surface area contributed by atoms with E-state index in [0.717, 1.165) is 0 Å². The number of nitrogens with one attached hydrogen (secondary N) is 1. The maximum Gasteiger partial charge on any atom is 0.481 e. The number of ether oxygens (including phenoxy) is 1. The van der Waals surface area contributed by atoms with E-state index in [2.05, 4.69) is 109 Å². The van der Waals surface area contributed by atoms with Crippen LogP contribution in [0.5, 0.6) is 0 Å². The molecular weight excluding hydrogens is 987 g/mol. The molecule has 25 heteroatoms. The number of hydrogen-bond donors (Lipinski definition) is 2. The van der Waals surface area contributed by atoms with Crippen LogP contribution in [0.3, 0.4) is 0 Å². The molecule has 2 N–H and O–H groups in total. The minimum atomic E-state index is -4.18. The van der Waals surface area contributed by atoms with Gasteiger partial charge in [0.2, 0.25) is 5.91 Å². The molecule has 0 aromatic carbocycles. The number of aliphatic hydroxyl groups excluding tert-OH is 1. The van der Waals surface area contributed by atoms with Gasteiger partial charge in [-0.3, -0.25) is 9.59 Å². The van der Waals surface area contributed by atoms with Gasteiger partial charge in [0.15, 0.2) is 0 Å². The average Bonchev–Trinajstić information content (AvgIpc) is 3.08. The molecule has 6 heterocycles. The highest BCUT2D eigenvalue weighted by atomic mass is 28.6. The van der Waals surface area contributed by atoms with E-state index >= 15 is 0 Å². The highest BCUT2D eigenvalue weighted by Gasteiger charge is 2.83. The number of carbonyl (C=O) groups is 2. The molecule has 7 unspecified atom stereocenters. The monoisotopic (exact) mass is 1070 g/mol. The highest BCUT2D eigenvalue weighted by molar-refractivity contribution is 7.03. The van der Waals surface area contributed by atoms with Crippen LogP contribution in [0.4, 0.5) is 0 Å². The van der Waals surface area contributed by atoms with Crippen LogP contribution >= 0.6 is 0 Å². The molecule has 1 saturated carbocycles. The van der Waals surface area contributed by atoms with Crippen LogP contribution < -0.4 is 5.32 Å². The Kier molecular flexibility index (Phi) is 17.4. The van der Waals surface area contributed by atoms with Crippen LogP contribution in [0.25, 0.3) is 0 Å². The van der Waals surface area contributed by atoms with E-state index in [9.17, 15) is 14.7 Å². The first-order valence-electron chi connectivity index (χ1n) is 24.7. The second-order valence-corrected chi connectivity index (χ2v) is 47.3. The van der Waals surface area contributed by atoms with E-state index in [1.165, 1.54) is 0 Å². The molecule has 0 radical (unpaired) electrons. The van der Waals surface area contributed by atoms with Crippen molar-refractivity contribution in [2.45, 2.75) is 190 Å². The third kappa shape index (κ3) is 12.9. The van der Waals surface area contributed by atoms with Crippen LogP contribution in [-0.4, -0.2) is 106 Å². The summed E-state index contributed by atoms with van der Waals surface area (Å²) in [5.74, 6) is -0.713. The Morgan fingerprint density at radius 2 is 0.894 bits per heavy atom. The number of esters is 1. The van der Waals surface area contributed by atoms with Crippen LogP contribution in [0.15, 0.2) is 12.2 Å². The number of amides is 1. The Balaban J connectivity index is 1.52. The smallest absolute Gasteiger partial charge is 0.458 e. The summed E-state index contributed by atoms with van der Waals surface area (Å²) in [4.78, 5) is 24.8. The summed E-state index contributed by atoms with van der Waals surface area (Å²) >= 11 is 0. The van der Waals surface area contributed by atoms with Gasteiger partial charge < -0.3 is 64.5 Å². The van der Waals surface area contributed by atoms with Crippen LogP contribution in [0.2, 0.25) is 47.8 Å². The van der Waals surface area contributed by atoms with E-state index in [0.29, 0.717) is 68.0 Å². The van der Waals surface area contributed by atoms with E-state index < -0.39 is 94.5 Å². The molecule has 7 rings (SSSR count). The van der Waals surface area contributed by atoms with Crippen molar-refractivity contribution < 1.29 is 68.8 Å². The predicted molar refractivity (Wildman–Crippen MR) is 262 cm³/mol. The van der Waals surface area contributed by atoms with Crippen molar-refractivity contribution >= 4 is 82.3 Å². The van der Waals surface area contributed by atoms with Crippen LogP contribution in [0.1, 0.15) is 130 Å². The van der Waals surface area contributed by atoms with Gasteiger partial charge in [-0.05, 0) is 74.0 Å². The molecule has 66 heavy (non-hydrogen) atoms. The molecule has 7 fully saturated rings. The predicted octanol–water partition coefficient (Wildman–Crippen LogP) is 8.27. The zero-order valence-electron chi connectivity index (χ0n) is 42.5. The minimum absolute atomic E-state index is 0.0221. The zero-order valence-corrected chi connectivity index (χ0v) is 50.5. The summed E-state index contributed by atoms with van der Waals surface area (Å²) in [5.41, 5.74) is -0.0431. The Bertz CT molecular complexity index is 1690. The lowest BCUT2D eigenvalue weighted by atomic mass is 9.84. The first-order valence-corrected chi connectivity index (χ1v) is 40.1. The molecule has 8 bridgehead atoms. The van der Waals surface area contributed by atoms with Gasteiger partial charge in [-0.1, -0.05) is 104 Å². The second-order valence-electron chi connectivity index (χ2n) is 22.6. The van der Waals surface area contributed by atoms with Crippen molar-refractivity contribution in [3.05, 3.63) is 12.2 Å². The van der Waals surface area contributed by atoms with Crippen molar-refractivity contribution in [3.8, 4) is 0 Å². The van der Waals surface area contributed by atoms with Gasteiger partial charge in [0.1, 0.15) is 12.6 Å². The molecule has 1 amide bonds. The van der Waals surface area contributed by atoms with Crippen LogP contribution in [0, 0.1) is 41.4 Å². The molecule has 0 aromatic rings. The topological polar surface area (TPSA) is 186 Å². The van der Waals surface area contributed by atoms with Gasteiger partial charge in [-0.15, -0.1) is 0 Å². The van der Waals surface area contributed by atoms with E-state index in [1.54, 1.807) is 6.92 Å². The molecule has 380 valence electrons. The Morgan fingerprint density at radius 1 is 0.561 bits per heavy atom. The largest absolute Gasteiger partial charge is 0.481 e. The first-order chi connectivity index (χ1) is 30.5. The molecule has 17 nitrogen and oxygen atoms in total. The molecule has 7 atom stereocenters. The normalized spacial score (nSPS) is 40.0. The summed E-state index contributed by atoms with van der Waals surface area (Å²) in [6, 6.07) is 2.83. The Morgan fingerprint density at radius 3 is 1.21 bits per heavy atom. The van der Waals surface area contributed by atoms with Gasteiger partial charge in [-0.25, -0.2) is 0 Å². The maximum absolute atomic E-state index is 12.7. The van der Waals surface area contributed by atoms with E-state index in [1.807, 2.05) is 0 Å². The highest BCUT2D eigenvalue weighted by Crippen LogP contribution is 2.56. The van der Waals surface area contributed by atoms with Gasteiger partial charge in [0, 0.05) is 53.4 Å². The summed E-state index contributed by atoms with van der Waals surface area (Å²) < 4.78 is 99.6. The van der Waals surface area contributed by atoms with E-state index in [4.69, 9.17) is 54.1 Å². The zero-order chi connectivity index (χ0) is 48.9. The summed E-state index contributed by atoms with van der Waals surface area (Å²) in [7, 11) is -32.4. The van der Waals surface area contributed by atoms with E-state index in [-0.39, 0.29) is 59.1 Å². The molecule has 0 spiro atoms. The molecule has 6 saturated heterocycles.